The maximum absolute atomic E-state index is 11.4. The Morgan fingerprint density at radius 3 is 2.85 bits per heavy atom. The molecule has 0 radical (unpaired) electrons. The molecule has 0 bridgehead atoms. The highest BCUT2D eigenvalue weighted by molar-refractivity contribution is 9.10. The van der Waals surface area contributed by atoms with Crippen molar-refractivity contribution in [2.45, 2.75) is 13.3 Å². The highest BCUT2D eigenvalue weighted by Gasteiger charge is 2.25. The summed E-state index contributed by atoms with van der Waals surface area (Å²) in [6.45, 7) is 2.03. The number of benzene rings is 1. The molecule has 1 aliphatic heterocycles. The second-order valence-electron chi connectivity index (χ2n) is 3.36. The van der Waals surface area contributed by atoms with Gasteiger partial charge in [0.1, 0.15) is 0 Å². The zero-order valence-corrected chi connectivity index (χ0v) is 9.18. The van der Waals surface area contributed by atoms with Crippen LogP contribution in [0.2, 0.25) is 0 Å². The van der Waals surface area contributed by atoms with Crippen molar-refractivity contribution in [3.05, 3.63) is 27.7 Å². The molecule has 1 heterocycles. The molecule has 0 saturated heterocycles. The number of carbonyl (C=O) groups excluding carboxylic acids is 1. The van der Waals surface area contributed by atoms with Crippen LogP contribution in [0.25, 0.3) is 0 Å². The standard InChI is InChI=1S/C10H10BrNO/c1-6-3-8(11)4-7-5-9(13)12(2)10(6)7/h3-4H,5H2,1-2H3. The van der Waals surface area contributed by atoms with Gasteiger partial charge in [0.2, 0.25) is 5.91 Å². The minimum Gasteiger partial charge on any atom is -0.315 e. The Hall–Kier alpha value is -0.830. The van der Waals surface area contributed by atoms with E-state index in [0.717, 1.165) is 21.3 Å². The molecule has 0 aliphatic carbocycles. The third-order valence-electron chi connectivity index (χ3n) is 2.40. The van der Waals surface area contributed by atoms with Crippen molar-refractivity contribution in [1.29, 1.82) is 0 Å². The molecule has 1 aliphatic rings. The average Bonchev–Trinajstić information content (AvgIpc) is 2.27. The quantitative estimate of drug-likeness (QED) is 0.681. The molecular weight excluding hydrogens is 230 g/mol. The first-order valence-electron chi connectivity index (χ1n) is 4.15. The summed E-state index contributed by atoms with van der Waals surface area (Å²) in [6, 6.07) is 4.05. The summed E-state index contributed by atoms with van der Waals surface area (Å²) in [7, 11) is 1.83. The fourth-order valence-electron chi connectivity index (χ4n) is 1.83. The van der Waals surface area contributed by atoms with Crippen LogP contribution < -0.4 is 4.90 Å². The van der Waals surface area contributed by atoms with Crippen LogP contribution in [0.3, 0.4) is 0 Å². The zero-order chi connectivity index (χ0) is 9.59. The third-order valence-corrected chi connectivity index (χ3v) is 2.85. The van der Waals surface area contributed by atoms with Gasteiger partial charge in [-0.05, 0) is 30.2 Å². The summed E-state index contributed by atoms with van der Waals surface area (Å²) in [4.78, 5) is 13.1. The predicted molar refractivity (Wildman–Crippen MR) is 56.0 cm³/mol. The van der Waals surface area contributed by atoms with E-state index in [1.807, 2.05) is 26.1 Å². The van der Waals surface area contributed by atoms with Gasteiger partial charge in [0.15, 0.2) is 0 Å². The lowest BCUT2D eigenvalue weighted by molar-refractivity contribution is -0.117. The first-order chi connectivity index (χ1) is 6.09. The summed E-state index contributed by atoms with van der Waals surface area (Å²) in [5, 5.41) is 0. The van der Waals surface area contributed by atoms with Gasteiger partial charge in [-0.2, -0.15) is 0 Å². The number of nitrogens with zero attached hydrogens (tertiary/aromatic N) is 1. The number of hydrogen-bond donors (Lipinski definition) is 0. The molecule has 13 heavy (non-hydrogen) atoms. The van der Waals surface area contributed by atoms with Crippen LogP contribution in [-0.2, 0) is 11.2 Å². The summed E-state index contributed by atoms with van der Waals surface area (Å²) in [5.41, 5.74) is 3.35. The Kier molecular flexibility index (Phi) is 1.91. The number of carbonyl (C=O) groups is 1. The van der Waals surface area contributed by atoms with E-state index >= 15 is 0 Å². The number of rotatable bonds is 0. The summed E-state index contributed by atoms with van der Waals surface area (Å²) in [5.74, 6) is 0.177. The van der Waals surface area contributed by atoms with Crippen LogP contribution in [0.5, 0.6) is 0 Å². The minimum atomic E-state index is 0.177. The second kappa shape index (κ2) is 2.84. The number of aryl methyl sites for hydroxylation is 1. The topological polar surface area (TPSA) is 20.3 Å². The van der Waals surface area contributed by atoms with E-state index in [9.17, 15) is 4.79 Å². The SMILES string of the molecule is Cc1cc(Br)cc2c1N(C)C(=O)C2. The molecule has 0 fully saturated rings. The molecule has 2 nitrogen and oxygen atoms in total. The Balaban J connectivity index is 2.64. The third kappa shape index (κ3) is 1.27. The van der Waals surface area contributed by atoms with Crippen molar-refractivity contribution in [2.24, 2.45) is 0 Å². The van der Waals surface area contributed by atoms with E-state index in [2.05, 4.69) is 15.9 Å². The molecular formula is C10H10BrNO. The Morgan fingerprint density at radius 1 is 1.46 bits per heavy atom. The molecule has 3 heteroatoms. The predicted octanol–water partition coefficient (Wildman–Crippen LogP) is 2.28. The van der Waals surface area contributed by atoms with Gasteiger partial charge in [0.25, 0.3) is 0 Å². The lowest BCUT2D eigenvalue weighted by Crippen LogP contribution is -2.21. The number of likely N-dealkylation sites (N-methyl/N-ethyl adjacent to an activating group) is 1. The van der Waals surface area contributed by atoms with Crippen LogP contribution in [0.1, 0.15) is 11.1 Å². The van der Waals surface area contributed by atoms with Crippen LogP contribution >= 0.6 is 15.9 Å². The van der Waals surface area contributed by atoms with E-state index in [1.165, 1.54) is 0 Å². The second-order valence-corrected chi connectivity index (χ2v) is 4.28. The number of anilines is 1. The van der Waals surface area contributed by atoms with Gasteiger partial charge in [0.05, 0.1) is 6.42 Å². The van der Waals surface area contributed by atoms with Gasteiger partial charge in [-0.1, -0.05) is 15.9 Å². The number of hydrogen-bond acceptors (Lipinski definition) is 1. The molecule has 0 spiro atoms. The lowest BCUT2D eigenvalue weighted by atomic mass is 10.1. The van der Waals surface area contributed by atoms with E-state index in [0.29, 0.717) is 6.42 Å². The van der Waals surface area contributed by atoms with Crippen molar-refractivity contribution in [3.63, 3.8) is 0 Å². The summed E-state index contributed by atoms with van der Waals surface area (Å²) >= 11 is 3.43. The molecule has 0 saturated carbocycles. The lowest BCUT2D eigenvalue weighted by Gasteiger charge is -2.12. The Bertz CT molecular complexity index is 387. The van der Waals surface area contributed by atoms with Gasteiger partial charge < -0.3 is 4.90 Å². The van der Waals surface area contributed by atoms with Crippen LogP contribution in [0.15, 0.2) is 16.6 Å². The van der Waals surface area contributed by atoms with Crippen LogP contribution in [0.4, 0.5) is 5.69 Å². The van der Waals surface area contributed by atoms with Gasteiger partial charge in [-0.3, -0.25) is 4.79 Å². The number of fused-ring (bicyclic) bond motifs is 1. The molecule has 1 aromatic rings. The van der Waals surface area contributed by atoms with Gasteiger partial charge >= 0.3 is 0 Å². The molecule has 0 aromatic heterocycles. The fraction of sp³-hybridized carbons (Fsp3) is 0.300. The largest absolute Gasteiger partial charge is 0.315 e. The maximum Gasteiger partial charge on any atom is 0.231 e. The number of amides is 1. The molecule has 1 amide bonds. The minimum absolute atomic E-state index is 0.177. The molecule has 0 unspecified atom stereocenters. The van der Waals surface area contributed by atoms with E-state index in [4.69, 9.17) is 0 Å². The fourth-order valence-corrected chi connectivity index (χ4v) is 2.45. The Labute approximate surface area is 85.7 Å². The van der Waals surface area contributed by atoms with E-state index < -0.39 is 0 Å². The Morgan fingerprint density at radius 2 is 2.15 bits per heavy atom. The van der Waals surface area contributed by atoms with Gasteiger partial charge in [0, 0.05) is 17.2 Å². The zero-order valence-electron chi connectivity index (χ0n) is 7.60. The maximum atomic E-state index is 11.4. The highest BCUT2D eigenvalue weighted by atomic mass is 79.9. The molecule has 2 rings (SSSR count). The first-order valence-corrected chi connectivity index (χ1v) is 4.94. The molecule has 0 atom stereocenters. The van der Waals surface area contributed by atoms with Crippen molar-refractivity contribution >= 4 is 27.5 Å². The number of halogens is 1. The van der Waals surface area contributed by atoms with Crippen molar-refractivity contribution in [1.82, 2.24) is 0 Å². The molecule has 0 N–H and O–H groups in total. The van der Waals surface area contributed by atoms with Gasteiger partial charge in [-0.25, -0.2) is 0 Å². The van der Waals surface area contributed by atoms with E-state index in [-0.39, 0.29) is 5.91 Å². The van der Waals surface area contributed by atoms with Crippen molar-refractivity contribution in [2.75, 3.05) is 11.9 Å². The molecule has 1 aromatic carbocycles. The van der Waals surface area contributed by atoms with Crippen LogP contribution in [0, 0.1) is 6.92 Å². The smallest absolute Gasteiger partial charge is 0.231 e. The van der Waals surface area contributed by atoms with Crippen LogP contribution in [-0.4, -0.2) is 13.0 Å². The summed E-state index contributed by atoms with van der Waals surface area (Å²) < 4.78 is 1.05. The van der Waals surface area contributed by atoms with E-state index in [1.54, 1.807) is 4.90 Å². The van der Waals surface area contributed by atoms with Crippen molar-refractivity contribution in [3.8, 4) is 0 Å². The first kappa shape index (κ1) is 8.75. The normalized spacial score (nSPS) is 15.0. The highest BCUT2D eigenvalue weighted by Crippen LogP contribution is 2.33. The molecule has 68 valence electrons. The monoisotopic (exact) mass is 239 g/mol. The van der Waals surface area contributed by atoms with Gasteiger partial charge in [-0.15, -0.1) is 0 Å². The average molecular weight is 240 g/mol. The summed E-state index contributed by atoms with van der Waals surface area (Å²) in [6.07, 6.45) is 0.534. The van der Waals surface area contributed by atoms with Crippen molar-refractivity contribution < 1.29 is 4.79 Å².